The van der Waals surface area contributed by atoms with E-state index in [-0.39, 0.29) is 17.9 Å². The Morgan fingerprint density at radius 2 is 2.06 bits per heavy atom. The molecule has 2 fully saturated rings. The van der Waals surface area contributed by atoms with Crippen molar-refractivity contribution in [2.75, 3.05) is 0 Å². The van der Waals surface area contributed by atoms with Crippen molar-refractivity contribution in [1.82, 2.24) is 5.32 Å². The van der Waals surface area contributed by atoms with E-state index in [0.717, 1.165) is 18.3 Å². The van der Waals surface area contributed by atoms with Crippen LogP contribution in [-0.4, -0.2) is 18.0 Å². The number of nitrogens with two attached hydrogens (primary N) is 1. The number of fused-ring (bicyclic) bond motifs is 2. The maximum absolute atomic E-state index is 12.1. The van der Waals surface area contributed by atoms with Crippen molar-refractivity contribution in [3.8, 4) is 0 Å². The van der Waals surface area contributed by atoms with Crippen LogP contribution in [0.1, 0.15) is 52.9 Å². The summed E-state index contributed by atoms with van der Waals surface area (Å²) in [7, 11) is 0. The molecule has 18 heavy (non-hydrogen) atoms. The van der Waals surface area contributed by atoms with Crippen molar-refractivity contribution in [2.45, 2.75) is 65.0 Å². The lowest BCUT2D eigenvalue weighted by Crippen LogP contribution is -2.50. The first-order valence-corrected chi connectivity index (χ1v) is 7.58. The molecule has 2 saturated carbocycles. The molecule has 0 aliphatic heterocycles. The average molecular weight is 252 g/mol. The fraction of sp³-hybridized carbons (Fsp3) is 0.933. The van der Waals surface area contributed by atoms with E-state index in [1.165, 1.54) is 25.7 Å². The molecule has 3 nitrogen and oxygen atoms in total. The molecule has 6 atom stereocenters. The van der Waals surface area contributed by atoms with Crippen molar-refractivity contribution in [2.24, 2.45) is 29.4 Å². The molecule has 0 aromatic carbocycles. The van der Waals surface area contributed by atoms with Gasteiger partial charge in [-0.05, 0) is 49.9 Å². The van der Waals surface area contributed by atoms with Crippen molar-refractivity contribution in [1.29, 1.82) is 0 Å². The van der Waals surface area contributed by atoms with Crippen LogP contribution < -0.4 is 11.1 Å². The van der Waals surface area contributed by atoms with Gasteiger partial charge in [0.1, 0.15) is 0 Å². The van der Waals surface area contributed by atoms with Gasteiger partial charge in [0.05, 0.1) is 6.04 Å². The van der Waals surface area contributed by atoms with E-state index in [9.17, 15) is 4.79 Å². The summed E-state index contributed by atoms with van der Waals surface area (Å²) in [6.07, 6.45) is 6.44. The van der Waals surface area contributed by atoms with Crippen LogP contribution in [0.3, 0.4) is 0 Å². The molecule has 4 unspecified atom stereocenters. The highest BCUT2D eigenvalue weighted by Gasteiger charge is 2.42. The number of hydrogen-bond donors (Lipinski definition) is 2. The monoisotopic (exact) mass is 252 g/mol. The molecule has 104 valence electrons. The first-order valence-electron chi connectivity index (χ1n) is 7.58. The number of nitrogens with one attached hydrogen (secondary N) is 1. The number of amides is 1. The Kier molecular flexibility index (Phi) is 4.31. The van der Waals surface area contributed by atoms with Crippen LogP contribution in [0.15, 0.2) is 0 Å². The molecule has 0 heterocycles. The van der Waals surface area contributed by atoms with Crippen LogP contribution in [0, 0.1) is 23.7 Å². The summed E-state index contributed by atoms with van der Waals surface area (Å²) < 4.78 is 0. The second kappa shape index (κ2) is 5.60. The van der Waals surface area contributed by atoms with Crippen LogP contribution >= 0.6 is 0 Å². The predicted molar refractivity (Wildman–Crippen MR) is 74.0 cm³/mol. The number of carbonyl (C=O) groups excluding carboxylic acids is 1. The average Bonchev–Trinajstić information content (AvgIpc) is 2.98. The van der Waals surface area contributed by atoms with E-state index < -0.39 is 0 Å². The summed E-state index contributed by atoms with van der Waals surface area (Å²) in [6.45, 7) is 6.29. The first kappa shape index (κ1) is 13.9. The van der Waals surface area contributed by atoms with E-state index in [1.54, 1.807) is 0 Å². The zero-order chi connectivity index (χ0) is 13.3. The molecule has 0 radical (unpaired) electrons. The molecule has 0 saturated heterocycles. The number of hydrogen-bond acceptors (Lipinski definition) is 2. The normalized spacial score (nSPS) is 35.2. The molecule has 0 aromatic heterocycles. The zero-order valence-corrected chi connectivity index (χ0v) is 12.0. The van der Waals surface area contributed by atoms with Crippen molar-refractivity contribution >= 4 is 5.91 Å². The van der Waals surface area contributed by atoms with Crippen LogP contribution in [0.4, 0.5) is 0 Å². The van der Waals surface area contributed by atoms with E-state index >= 15 is 0 Å². The van der Waals surface area contributed by atoms with Gasteiger partial charge in [0.2, 0.25) is 5.91 Å². The second-order valence-corrected chi connectivity index (χ2v) is 6.55. The highest BCUT2D eigenvalue weighted by molar-refractivity contribution is 5.82. The third-order valence-corrected chi connectivity index (χ3v) is 5.36. The molecule has 2 aliphatic carbocycles. The van der Waals surface area contributed by atoms with Gasteiger partial charge in [-0.2, -0.15) is 0 Å². The molecular weight excluding hydrogens is 224 g/mol. The van der Waals surface area contributed by atoms with Crippen molar-refractivity contribution in [3.63, 3.8) is 0 Å². The predicted octanol–water partition coefficient (Wildman–Crippen LogP) is 2.30. The molecule has 2 aliphatic rings. The molecular formula is C15H28N2O. The summed E-state index contributed by atoms with van der Waals surface area (Å²) in [4.78, 5) is 12.1. The minimum Gasteiger partial charge on any atom is -0.352 e. The van der Waals surface area contributed by atoms with Gasteiger partial charge in [-0.15, -0.1) is 0 Å². The van der Waals surface area contributed by atoms with Crippen LogP contribution in [0.25, 0.3) is 0 Å². The standard InChI is InChI=1S/C15H28N2O/c1-4-9(2)14(16)15(18)17-10(3)13-8-11-5-6-12(13)7-11/h9-14H,4-8,16H2,1-3H3,(H,17,18)/t9-,10?,11?,12?,13?,14-/m1/s1. The summed E-state index contributed by atoms with van der Waals surface area (Å²) in [6, 6.07) is -0.0565. The Morgan fingerprint density at radius 1 is 1.33 bits per heavy atom. The Bertz CT molecular complexity index is 305. The molecule has 1 amide bonds. The summed E-state index contributed by atoms with van der Waals surface area (Å²) in [5, 5.41) is 3.16. The molecule has 2 rings (SSSR count). The quantitative estimate of drug-likeness (QED) is 0.789. The highest BCUT2D eigenvalue weighted by Crippen LogP contribution is 2.49. The SMILES string of the molecule is CC[C@@H](C)[C@@H](N)C(=O)NC(C)C1CC2CCC1C2. The third kappa shape index (κ3) is 2.71. The fourth-order valence-corrected chi connectivity index (χ4v) is 3.85. The largest absolute Gasteiger partial charge is 0.352 e. The van der Waals surface area contributed by atoms with Crippen molar-refractivity contribution in [3.05, 3.63) is 0 Å². The number of carbonyl (C=O) groups is 1. The van der Waals surface area contributed by atoms with Crippen molar-refractivity contribution < 1.29 is 4.79 Å². The molecule has 2 bridgehead atoms. The molecule has 0 spiro atoms. The Morgan fingerprint density at radius 3 is 2.56 bits per heavy atom. The Hall–Kier alpha value is -0.570. The van der Waals surface area contributed by atoms with E-state index in [0.29, 0.717) is 12.0 Å². The van der Waals surface area contributed by atoms with Gasteiger partial charge in [0.25, 0.3) is 0 Å². The van der Waals surface area contributed by atoms with E-state index in [4.69, 9.17) is 5.73 Å². The summed E-state index contributed by atoms with van der Waals surface area (Å²) in [5.74, 6) is 2.78. The van der Waals surface area contributed by atoms with Gasteiger partial charge < -0.3 is 11.1 Å². The second-order valence-electron chi connectivity index (χ2n) is 6.55. The van der Waals surface area contributed by atoms with Gasteiger partial charge in [0.15, 0.2) is 0 Å². The zero-order valence-electron chi connectivity index (χ0n) is 12.0. The lowest BCUT2D eigenvalue weighted by atomic mass is 9.83. The minimum atomic E-state index is -0.351. The minimum absolute atomic E-state index is 0.0413. The van der Waals surface area contributed by atoms with E-state index in [1.807, 2.05) is 6.92 Å². The van der Waals surface area contributed by atoms with Gasteiger partial charge in [-0.1, -0.05) is 26.7 Å². The maximum Gasteiger partial charge on any atom is 0.237 e. The van der Waals surface area contributed by atoms with Crippen LogP contribution in [-0.2, 0) is 4.79 Å². The van der Waals surface area contributed by atoms with E-state index in [2.05, 4.69) is 19.2 Å². The van der Waals surface area contributed by atoms with Gasteiger partial charge in [-0.25, -0.2) is 0 Å². The molecule has 0 aromatic rings. The van der Waals surface area contributed by atoms with Gasteiger partial charge >= 0.3 is 0 Å². The topological polar surface area (TPSA) is 55.1 Å². The summed E-state index contributed by atoms with van der Waals surface area (Å²) >= 11 is 0. The molecule has 3 N–H and O–H groups in total. The smallest absolute Gasteiger partial charge is 0.237 e. The molecule has 3 heteroatoms. The first-order chi connectivity index (χ1) is 8.52. The highest BCUT2D eigenvalue weighted by atomic mass is 16.2. The Balaban J connectivity index is 1.84. The fourth-order valence-electron chi connectivity index (χ4n) is 3.85. The third-order valence-electron chi connectivity index (χ3n) is 5.36. The number of rotatable bonds is 5. The van der Waals surface area contributed by atoms with Crippen LogP contribution in [0.5, 0.6) is 0 Å². The van der Waals surface area contributed by atoms with Crippen LogP contribution in [0.2, 0.25) is 0 Å². The maximum atomic E-state index is 12.1. The lowest BCUT2D eigenvalue weighted by Gasteiger charge is -2.30. The summed E-state index contributed by atoms with van der Waals surface area (Å²) in [5.41, 5.74) is 5.98. The van der Waals surface area contributed by atoms with Gasteiger partial charge in [-0.3, -0.25) is 4.79 Å². The van der Waals surface area contributed by atoms with Gasteiger partial charge in [0, 0.05) is 6.04 Å². The lowest BCUT2D eigenvalue weighted by molar-refractivity contribution is -0.124. The Labute approximate surface area is 111 Å².